The average molecular weight is 339 g/mol. The van der Waals surface area contributed by atoms with E-state index in [2.05, 4.69) is 49.7 Å². The van der Waals surface area contributed by atoms with E-state index in [-0.39, 0.29) is 12.1 Å². The fourth-order valence-corrected chi connectivity index (χ4v) is 3.94. The van der Waals surface area contributed by atoms with Gasteiger partial charge in [0.05, 0.1) is 12.6 Å². The summed E-state index contributed by atoms with van der Waals surface area (Å²) in [6.45, 7) is 1.38. The van der Waals surface area contributed by atoms with Crippen molar-refractivity contribution < 1.29 is 4.79 Å². The molecular weight excluding hydrogens is 314 g/mol. The molecule has 2 aliphatic rings. The standard InChI is InChI=1S/C19H25N5O/c25-19(20-13-18-23-22-17-11-5-6-12-24(17)18)21-16-10-4-2-8-14-7-1-3-9-15(14)16/h1,3,7,9,16H,2,4-6,8,10-13H2,(H2,20,21,25)/t16-/m0/s1. The molecule has 132 valence electrons. The Labute approximate surface area is 148 Å². The number of amides is 2. The Morgan fingerprint density at radius 1 is 1.12 bits per heavy atom. The summed E-state index contributed by atoms with van der Waals surface area (Å²) >= 11 is 0. The van der Waals surface area contributed by atoms with Gasteiger partial charge in [0.1, 0.15) is 5.82 Å². The summed E-state index contributed by atoms with van der Waals surface area (Å²) in [4.78, 5) is 12.4. The molecule has 0 saturated carbocycles. The van der Waals surface area contributed by atoms with E-state index < -0.39 is 0 Å². The van der Waals surface area contributed by atoms with E-state index in [1.54, 1.807) is 0 Å². The van der Waals surface area contributed by atoms with Crippen LogP contribution in [0, 0.1) is 0 Å². The maximum absolute atomic E-state index is 12.4. The Bertz CT molecular complexity index is 754. The number of rotatable bonds is 3. The predicted octanol–water partition coefficient (Wildman–Crippen LogP) is 2.88. The van der Waals surface area contributed by atoms with Gasteiger partial charge in [-0.05, 0) is 43.2 Å². The highest BCUT2D eigenvalue weighted by Gasteiger charge is 2.21. The van der Waals surface area contributed by atoms with Crippen molar-refractivity contribution in [1.29, 1.82) is 0 Å². The Balaban J connectivity index is 1.39. The molecule has 0 fully saturated rings. The SMILES string of the molecule is O=C(NCc1nnc2n1CCCC2)N[C@H]1CCCCc2ccccc21. The lowest BCUT2D eigenvalue weighted by Crippen LogP contribution is -2.38. The Kier molecular flexibility index (Phi) is 4.68. The van der Waals surface area contributed by atoms with Crippen LogP contribution in [-0.4, -0.2) is 20.8 Å². The lowest BCUT2D eigenvalue weighted by atomic mass is 9.99. The van der Waals surface area contributed by atoms with Crippen molar-refractivity contribution in [1.82, 2.24) is 25.4 Å². The third-order valence-corrected chi connectivity index (χ3v) is 5.27. The van der Waals surface area contributed by atoms with E-state index in [1.165, 1.54) is 24.0 Å². The zero-order valence-electron chi connectivity index (χ0n) is 14.5. The molecule has 6 heteroatoms. The highest BCUT2D eigenvalue weighted by molar-refractivity contribution is 5.74. The lowest BCUT2D eigenvalue weighted by Gasteiger charge is -2.20. The minimum absolute atomic E-state index is 0.0889. The fraction of sp³-hybridized carbons (Fsp3) is 0.526. The first-order valence-electron chi connectivity index (χ1n) is 9.34. The van der Waals surface area contributed by atoms with Crippen molar-refractivity contribution in [2.75, 3.05) is 0 Å². The Morgan fingerprint density at radius 2 is 2.00 bits per heavy atom. The normalized spacial score (nSPS) is 19.4. The summed E-state index contributed by atoms with van der Waals surface area (Å²) in [7, 11) is 0. The molecule has 2 N–H and O–H groups in total. The van der Waals surface area contributed by atoms with Gasteiger partial charge < -0.3 is 15.2 Å². The van der Waals surface area contributed by atoms with E-state index in [1.807, 2.05) is 0 Å². The first kappa shape index (κ1) is 16.1. The minimum atomic E-state index is -0.130. The molecular formula is C19H25N5O. The van der Waals surface area contributed by atoms with E-state index in [9.17, 15) is 4.79 Å². The van der Waals surface area contributed by atoms with E-state index in [0.29, 0.717) is 6.54 Å². The van der Waals surface area contributed by atoms with Gasteiger partial charge in [-0.25, -0.2) is 4.79 Å². The van der Waals surface area contributed by atoms with Crippen LogP contribution in [0.25, 0.3) is 0 Å². The van der Waals surface area contributed by atoms with Crippen LogP contribution in [-0.2, 0) is 25.9 Å². The van der Waals surface area contributed by atoms with E-state index in [4.69, 9.17) is 0 Å². The Hall–Kier alpha value is -2.37. The van der Waals surface area contributed by atoms with Crippen molar-refractivity contribution in [3.05, 3.63) is 47.0 Å². The number of aryl methyl sites for hydroxylation is 2. The van der Waals surface area contributed by atoms with Crippen LogP contribution in [0.4, 0.5) is 4.79 Å². The van der Waals surface area contributed by atoms with Crippen LogP contribution < -0.4 is 10.6 Å². The zero-order valence-corrected chi connectivity index (χ0v) is 14.5. The van der Waals surface area contributed by atoms with E-state index >= 15 is 0 Å². The zero-order chi connectivity index (χ0) is 17.1. The van der Waals surface area contributed by atoms with Crippen molar-refractivity contribution in [2.24, 2.45) is 0 Å². The van der Waals surface area contributed by atoms with Crippen LogP contribution in [0.1, 0.15) is 60.9 Å². The molecule has 2 aromatic rings. The molecule has 0 radical (unpaired) electrons. The molecule has 2 heterocycles. The van der Waals surface area contributed by atoms with Crippen LogP contribution in [0.2, 0.25) is 0 Å². The van der Waals surface area contributed by atoms with Gasteiger partial charge in [-0.3, -0.25) is 0 Å². The largest absolute Gasteiger partial charge is 0.331 e. The number of nitrogens with one attached hydrogen (secondary N) is 2. The molecule has 0 saturated heterocycles. The van der Waals surface area contributed by atoms with Gasteiger partial charge in [-0.2, -0.15) is 0 Å². The first-order valence-corrected chi connectivity index (χ1v) is 9.34. The van der Waals surface area contributed by atoms with Crippen LogP contribution in [0.5, 0.6) is 0 Å². The van der Waals surface area contributed by atoms with Crippen LogP contribution >= 0.6 is 0 Å². The number of aromatic nitrogens is 3. The number of carbonyl (C=O) groups excluding carboxylic acids is 1. The summed E-state index contributed by atoms with van der Waals surface area (Å²) < 4.78 is 2.14. The average Bonchev–Trinajstić information content (AvgIpc) is 2.95. The highest BCUT2D eigenvalue weighted by atomic mass is 16.2. The third kappa shape index (κ3) is 3.52. The predicted molar refractivity (Wildman–Crippen MR) is 95.1 cm³/mol. The number of urea groups is 1. The number of hydrogen-bond acceptors (Lipinski definition) is 3. The van der Waals surface area contributed by atoms with Gasteiger partial charge in [-0.1, -0.05) is 30.7 Å². The van der Waals surface area contributed by atoms with Crippen molar-refractivity contribution in [3.8, 4) is 0 Å². The molecule has 1 aromatic carbocycles. The number of fused-ring (bicyclic) bond motifs is 2. The second kappa shape index (κ2) is 7.25. The number of nitrogens with zero attached hydrogens (tertiary/aromatic N) is 3. The highest BCUT2D eigenvalue weighted by Crippen LogP contribution is 2.28. The second-order valence-corrected chi connectivity index (χ2v) is 6.97. The van der Waals surface area contributed by atoms with Crippen molar-refractivity contribution in [2.45, 2.75) is 64.1 Å². The molecule has 1 atom stereocenters. The molecule has 6 nitrogen and oxygen atoms in total. The molecule has 1 aliphatic heterocycles. The molecule has 1 aromatic heterocycles. The maximum Gasteiger partial charge on any atom is 0.315 e. The molecule has 0 bridgehead atoms. The first-order chi connectivity index (χ1) is 12.3. The van der Waals surface area contributed by atoms with Gasteiger partial charge in [0, 0.05) is 13.0 Å². The molecule has 0 unspecified atom stereocenters. The second-order valence-electron chi connectivity index (χ2n) is 6.97. The molecule has 25 heavy (non-hydrogen) atoms. The van der Waals surface area contributed by atoms with Gasteiger partial charge in [0.25, 0.3) is 0 Å². The van der Waals surface area contributed by atoms with Gasteiger partial charge in [0.15, 0.2) is 5.82 Å². The summed E-state index contributed by atoms with van der Waals surface area (Å²) in [5.41, 5.74) is 2.62. The lowest BCUT2D eigenvalue weighted by molar-refractivity contribution is 0.235. The fourth-order valence-electron chi connectivity index (χ4n) is 3.94. The number of benzene rings is 1. The van der Waals surface area contributed by atoms with Crippen LogP contribution in [0.3, 0.4) is 0 Å². The number of carbonyl (C=O) groups is 1. The monoisotopic (exact) mass is 339 g/mol. The van der Waals surface area contributed by atoms with Gasteiger partial charge in [0.2, 0.25) is 0 Å². The van der Waals surface area contributed by atoms with Crippen LogP contribution in [0.15, 0.2) is 24.3 Å². The number of hydrogen-bond donors (Lipinski definition) is 2. The topological polar surface area (TPSA) is 71.8 Å². The smallest absolute Gasteiger partial charge is 0.315 e. The summed E-state index contributed by atoms with van der Waals surface area (Å²) in [6, 6.07) is 8.41. The minimum Gasteiger partial charge on any atom is -0.331 e. The summed E-state index contributed by atoms with van der Waals surface area (Å²) in [5.74, 6) is 1.90. The Morgan fingerprint density at radius 3 is 2.96 bits per heavy atom. The quantitative estimate of drug-likeness (QED) is 0.845. The van der Waals surface area contributed by atoms with E-state index in [0.717, 1.165) is 50.3 Å². The molecule has 2 amide bonds. The molecule has 0 spiro atoms. The molecule has 4 rings (SSSR count). The molecule has 1 aliphatic carbocycles. The summed E-state index contributed by atoms with van der Waals surface area (Å²) in [6.07, 6.45) is 7.72. The van der Waals surface area contributed by atoms with Gasteiger partial charge >= 0.3 is 6.03 Å². The maximum atomic E-state index is 12.4. The third-order valence-electron chi connectivity index (χ3n) is 5.27. The summed E-state index contributed by atoms with van der Waals surface area (Å²) in [5, 5.41) is 14.6. The van der Waals surface area contributed by atoms with Crippen molar-refractivity contribution in [3.63, 3.8) is 0 Å². The van der Waals surface area contributed by atoms with Gasteiger partial charge in [-0.15, -0.1) is 10.2 Å². The van der Waals surface area contributed by atoms with Crippen molar-refractivity contribution >= 4 is 6.03 Å².